The van der Waals surface area contributed by atoms with E-state index < -0.39 is 0 Å². The molecule has 0 radical (unpaired) electrons. The van der Waals surface area contributed by atoms with Crippen molar-refractivity contribution in [2.45, 2.75) is 20.0 Å². The minimum absolute atomic E-state index is 0.713. The van der Waals surface area contributed by atoms with Gasteiger partial charge >= 0.3 is 0 Å². The van der Waals surface area contributed by atoms with Crippen LogP contribution in [0.4, 0.5) is 0 Å². The molecule has 0 amide bonds. The van der Waals surface area contributed by atoms with Crippen LogP contribution in [0.25, 0.3) is 0 Å². The van der Waals surface area contributed by atoms with Crippen molar-refractivity contribution < 1.29 is 0 Å². The summed E-state index contributed by atoms with van der Waals surface area (Å²) in [6.45, 7) is 3.72. The van der Waals surface area contributed by atoms with Crippen molar-refractivity contribution in [2.75, 3.05) is 0 Å². The first-order valence-corrected chi connectivity index (χ1v) is 6.03. The number of aryl methyl sites for hydroxylation is 1. The molecular formula is C16H16N2. The van der Waals surface area contributed by atoms with E-state index in [9.17, 15) is 0 Å². The summed E-state index contributed by atoms with van der Waals surface area (Å²) in [6, 6.07) is 18.3. The lowest BCUT2D eigenvalue weighted by Gasteiger charge is -2.06. The molecule has 0 fully saturated rings. The number of benzene rings is 2. The predicted octanol–water partition coefficient (Wildman–Crippen LogP) is 3.16. The zero-order valence-corrected chi connectivity index (χ0v) is 10.5. The SMILES string of the molecule is Cc1cccc(CNCc2cccc(C#N)c2)c1. The molecule has 0 aliphatic rings. The van der Waals surface area contributed by atoms with Crippen LogP contribution in [-0.4, -0.2) is 0 Å². The van der Waals surface area contributed by atoms with Crippen molar-refractivity contribution >= 4 is 0 Å². The molecule has 0 aliphatic carbocycles. The maximum atomic E-state index is 8.83. The maximum absolute atomic E-state index is 8.83. The molecule has 2 aromatic carbocycles. The molecule has 0 atom stereocenters. The molecule has 0 aliphatic heterocycles. The summed E-state index contributed by atoms with van der Waals surface area (Å²) in [5, 5.41) is 12.2. The van der Waals surface area contributed by atoms with Crippen LogP contribution >= 0.6 is 0 Å². The number of hydrogen-bond acceptors (Lipinski definition) is 2. The first-order chi connectivity index (χ1) is 8.78. The summed E-state index contributed by atoms with van der Waals surface area (Å²) in [5.41, 5.74) is 4.42. The van der Waals surface area contributed by atoms with Gasteiger partial charge in [-0.05, 0) is 30.2 Å². The molecule has 0 heterocycles. The van der Waals surface area contributed by atoms with Gasteiger partial charge in [-0.25, -0.2) is 0 Å². The summed E-state index contributed by atoms with van der Waals surface area (Å²) < 4.78 is 0. The Labute approximate surface area is 108 Å². The lowest BCUT2D eigenvalue weighted by molar-refractivity contribution is 0.693. The van der Waals surface area contributed by atoms with E-state index in [1.54, 1.807) is 0 Å². The number of nitriles is 1. The summed E-state index contributed by atoms with van der Waals surface area (Å²) in [4.78, 5) is 0. The Bertz CT molecular complexity index is 567. The van der Waals surface area contributed by atoms with E-state index in [0.717, 1.165) is 18.7 Å². The molecule has 0 saturated heterocycles. The Morgan fingerprint density at radius 3 is 2.33 bits per heavy atom. The van der Waals surface area contributed by atoms with E-state index in [2.05, 4.69) is 42.6 Å². The van der Waals surface area contributed by atoms with Gasteiger partial charge in [0.25, 0.3) is 0 Å². The molecule has 18 heavy (non-hydrogen) atoms. The Hall–Kier alpha value is -2.11. The van der Waals surface area contributed by atoms with Gasteiger partial charge in [-0.1, -0.05) is 42.0 Å². The monoisotopic (exact) mass is 236 g/mol. The van der Waals surface area contributed by atoms with Crippen molar-refractivity contribution in [1.29, 1.82) is 5.26 Å². The predicted molar refractivity (Wildman–Crippen MR) is 72.9 cm³/mol. The Kier molecular flexibility index (Phi) is 4.11. The Balaban J connectivity index is 1.90. The third kappa shape index (κ3) is 3.44. The third-order valence-electron chi connectivity index (χ3n) is 2.80. The van der Waals surface area contributed by atoms with Gasteiger partial charge in [0, 0.05) is 13.1 Å². The van der Waals surface area contributed by atoms with Crippen LogP contribution in [0.3, 0.4) is 0 Å². The van der Waals surface area contributed by atoms with Gasteiger partial charge < -0.3 is 5.32 Å². The molecule has 0 bridgehead atoms. The molecule has 0 aromatic heterocycles. The standard InChI is InChI=1S/C16H16N2/c1-13-4-2-6-15(8-13)11-18-12-16-7-3-5-14(9-16)10-17/h2-9,18H,11-12H2,1H3. The van der Waals surface area contributed by atoms with Gasteiger partial charge in [-0.2, -0.15) is 5.26 Å². The van der Waals surface area contributed by atoms with E-state index in [4.69, 9.17) is 5.26 Å². The smallest absolute Gasteiger partial charge is 0.0991 e. The van der Waals surface area contributed by atoms with Gasteiger partial charge in [-0.3, -0.25) is 0 Å². The highest BCUT2D eigenvalue weighted by molar-refractivity contribution is 5.32. The second kappa shape index (κ2) is 6.00. The quantitative estimate of drug-likeness (QED) is 0.885. The molecule has 2 rings (SSSR count). The largest absolute Gasteiger partial charge is 0.309 e. The normalized spacial score (nSPS) is 10.0. The summed E-state index contributed by atoms with van der Waals surface area (Å²) in [7, 11) is 0. The molecular weight excluding hydrogens is 220 g/mol. The van der Waals surface area contributed by atoms with E-state index in [0.29, 0.717) is 5.56 Å². The van der Waals surface area contributed by atoms with Crippen molar-refractivity contribution in [3.05, 3.63) is 70.8 Å². The first-order valence-electron chi connectivity index (χ1n) is 6.03. The van der Waals surface area contributed by atoms with Crippen molar-refractivity contribution in [3.63, 3.8) is 0 Å². The fraction of sp³-hybridized carbons (Fsp3) is 0.188. The fourth-order valence-corrected chi connectivity index (χ4v) is 1.92. The number of hydrogen-bond donors (Lipinski definition) is 1. The highest BCUT2D eigenvalue weighted by Crippen LogP contribution is 2.06. The molecule has 1 N–H and O–H groups in total. The average Bonchev–Trinajstić information content (AvgIpc) is 2.39. The van der Waals surface area contributed by atoms with Crippen LogP contribution in [0, 0.1) is 18.3 Å². The summed E-state index contributed by atoms with van der Waals surface area (Å²) in [6.07, 6.45) is 0. The van der Waals surface area contributed by atoms with Crippen molar-refractivity contribution in [1.82, 2.24) is 5.32 Å². The Morgan fingerprint density at radius 1 is 1.00 bits per heavy atom. The van der Waals surface area contributed by atoms with Crippen LogP contribution in [0.2, 0.25) is 0 Å². The molecule has 0 unspecified atom stereocenters. The second-order valence-corrected chi connectivity index (χ2v) is 4.40. The van der Waals surface area contributed by atoms with Gasteiger partial charge in [-0.15, -0.1) is 0 Å². The van der Waals surface area contributed by atoms with E-state index in [1.807, 2.05) is 24.3 Å². The van der Waals surface area contributed by atoms with E-state index >= 15 is 0 Å². The fourth-order valence-electron chi connectivity index (χ4n) is 1.92. The van der Waals surface area contributed by atoms with Crippen molar-refractivity contribution in [2.24, 2.45) is 0 Å². The van der Waals surface area contributed by atoms with Gasteiger partial charge in [0.2, 0.25) is 0 Å². The molecule has 2 nitrogen and oxygen atoms in total. The van der Waals surface area contributed by atoms with Crippen LogP contribution in [0.5, 0.6) is 0 Å². The minimum Gasteiger partial charge on any atom is -0.309 e. The Morgan fingerprint density at radius 2 is 1.67 bits per heavy atom. The molecule has 0 spiro atoms. The molecule has 2 heteroatoms. The summed E-state index contributed by atoms with van der Waals surface area (Å²) in [5.74, 6) is 0. The van der Waals surface area contributed by atoms with Crippen molar-refractivity contribution in [3.8, 4) is 6.07 Å². The third-order valence-corrected chi connectivity index (χ3v) is 2.80. The highest BCUT2D eigenvalue weighted by atomic mass is 14.8. The second-order valence-electron chi connectivity index (χ2n) is 4.40. The van der Waals surface area contributed by atoms with Gasteiger partial charge in [0.1, 0.15) is 0 Å². The van der Waals surface area contributed by atoms with Crippen LogP contribution < -0.4 is 5.32 Å². The highest BCUT2D eigenvalue weighted by Gasteiger charge is 1.96. The zero-order chi connectivity index (χ0) is 12.8. The summed E-state index contributed by atoms with van der Waals surface area (Å²) >= 11 is 0. The minimum atomic E-state index is 0.713. The lowest BCUT2D eigenvalue weighted by Crippen LogP contribution is -2.12. The van der Waals surface area contributed by atoms with Gasteiger partial charge in [0.15, 0.2) is 0 Å². The molecule has 90 valence electrons. The van der Waals surface area contributed by atoms with E-state index in [1.165, 1.54) is 11.1 Å². The van der Waals surface area contributed by atoms with Crippen LogP contribution in [0.15, 0.2) is 48.5 Å². The van der Waals surface area contributed by atoms with Gasteiger partial charge in [0.05, 0.1) is 11.6 Å². The van der Waals surface area contributed by atoms with Crippen LogP contribution in [-0.2, 0) is 13.1 Å². The number of nitrogens with one attached hydrogen (secondary N) is 1. The first kappa shape index (κ1) is 12.3. The molecule has 0 saturated carbocycles. The number of nitrogens with zero attached hydrogens (tertiary/aromatic N) is 1. The lowest BCUT2D eigenvalue weighted by atomic mass is 10.1. The average molecular weight is 236 g/mol. The molecule has 2 aromatic rings. The maximum Gasteiger partial charge on any atom is 0.0991 e. The topological polar surface area (TPSA) is 35.8 Å². The van der Waals surface area contributed by atoms with Crippen LogP contribution in [0.1, 0.15) is 22.3 Å². The van der Waals surface area contributed by atoms with E-state index in [-0.39, 0.29) is 0 Å². The zero-order valence-electron chi connectivity index (χ0n) is 10.5. The number of rotatable bonds is 4.